The molecule has 3 aromatic carbocycles. The van der Waals surface area contributed by atoms with E-state index in [1.165, 1.54) is 48.5 Å². The summed E-state index contributed by atoms with van der Waals surface area (Å²) in [6.45, 7) is 0. The molecule has 36 heavy (non-hydrogen) atoms. The second-order valence-corrected chi connectivity index (χ2v) is 7.08. The Kier molecular flexibility index (Phi) is 6.85. The lowest BCUT2D eigenvalue weighted by molar-refractivity contribution is 1.34. The van der Waals surface area contributed by atoms with Crippen LogP contribution in [-0.2, 0) is 0 Å². The van der Waals surface area contributed by atoms with Gasteiger partial charge in [-0.15, -0.1) is 0 Å². The van der Waals surface area contributed by atoms with E-state index in [0.717, 1.165) is 0 Å². The van der Waals surface area contributed by atoms with Crippen molar-refractivity contribution in [3.05, 3.63) is 103 Å². The number of hydrogen-bond acceptors (Lipinski definition) is 8. The molecule has 0 aliphatic rings. The molecule has 0 saturated carbocycles. The van der Waals surface area contributed by atoms with Crippen molar-refractivity contribution in [2.45, 2.75) is 0 Å². The second-order valence-electron chi connectivity index (χ2n) is 7.08. The van der Waals surface area contributed by atoms with E-state index in [1.807, 2.05) is 48.6 Å². The molecule has 0 aromatic heterocycles. The van der Waals surface area contributed by atoms with Crippen molar-refractivity contribution in [1.29, 1.82) is 42.1 Å². The van der Waals surface area contributed by atoms with Gasteiger partial charge in [-0.2, -0.15) is 42.1 Å². The van der Waals surface area contributed by atoms with Gasteiger partial charge in [-0.3, -0.25) is 0 Å². The third-order valence-corrected chi connectivity index (χ3v) is 5.29. The molecule has 0 aliphatic carbocycles. The molecule has 3 rings (SSSR count). The molecule has 0 bridgehead atoms. The van der Waals surface area contributed by atoms with Gasteiger partial charge in [-0.1, -0.05) is 24.3 Å². The van der Waals surface area contributed by atoms with Crippen molar-refractivity contribution in [3.8, 4) is 48.6 Å². The average molecular weight is 456 g/mol. The highest BCUT2D eigenvalue weighted by molar-refractivity contribution is 5.82. The predicted octanol–water partition coefficient (Wildman–Crippen LogP) is 2.36. The van der Waals surface area contributed by atoms with Gasteiger partial charge in [0.15, 0.2) is 0 Å². The van der Waals surface area contributed by atoms with Gasteiger partial charge in [0.05, 0.1) is 44.5 Å². The Labute approximate surface area is 205 Å². The fraction of sp³-hybridized carbons (Fsp3) is 0. The number of nitrogens with zero attached hydrogens (tertiary/aromatic N) is 8. The van der Waals surface area contributed by atoms with Crippen LogP contribution in [0.15, 0.2) is 48.5 Å². The van der Waals surface area contributed by atoms with E-state index in [-0.39, 0.29) is 66.1 Å². The molecule has 0 fully saturated rings. The highest BCUT2D eigenvalue weighted by atomic mass is 14.3. The normalized spacial score (nSPS) is 10.9. The molecule has 0 N–H and O–H groups in total. The smallest absolute Gasteiger partial charge is 0.101 e. The van der Waals surface area contributed by atoms with E-state index >= 15 is 0 Å². The first-order valence-electron chi connectivity index (χ1n) is 9.93. The molecule has 0 radical (unpaired) electrons. The monoisotopic (exact) mass is 456 g/mol. The van der Waals surface area contributed by atoms with Gasteiger partial charge in [-0.25, -0.2) is 0 Å². The first-order valence-corrected chi connectivity index (χ1v) is 9.93. The minimum Gasteiger partial charge on any atom is -0.192 e. The highest BCUT2D eigenvalue weighted by Gasteiger charge is 2.16. The minimum absolute atomic E-state index is 0.000706. The lowest BCUT2D eigenvalue weighted by Gasteiger charge is -2.06. The fourth-order valence-electron chi connectivity index (χ4n) is 3.59. The van der Waals surface area contributed by atoms with Crippen molar-refractivity contribution in [3.63, 3.8) is 0 Å². The summed E-state index contributed by atoms with van der Waals surface area (Å²) in [6, 6.07) is 26.7. The van der Waals surface area contributed by atoms with E-state index in [2.05, 4.69) is 0 Å². The van der Waals surface area contributed by atoms with Crippen LogP contribution >= 0.6 is 0 Å². The molecule has 3 aromatic rings. The lowest BCUT2D eigenvalue weighted by atomic mass is 9.92. The number of nitriles is 8. The average Bonchev–Trinajstić information content (AvgIpc) is 2.93. The molecule has 8 heteroatoms. The van der Waals surface area contributed by atoms with Crippen LogP contribution in [0.3, 0.4) is 0 Å². The third kappa shape index (κ3) is 4.05. The van der Waals surface area contributed by atoms with Crippen LogP contribution in [0.1, 0.15) is 44.5 Å². The molecule has 160 valence electrons. The molecule has 0 amide bonds. The Bertz CT molecular complexity index is 1780. The highest BCUT2D eigenvalue weighted by Crippen LogP contribution is 2.19. The molecule has 0 unspecified atom stereocenters. The van der Waals surface area contributed by atoms with Crippen molar-refractivity contribution < 1.29 is 0 Å². The Morgan fingerprint density at radius 1 is 0.417 bits per heavy atom. The van der Waals surface area contributed by atoms with Crippen LogP contribution < -0.4 is 10.4 Å². The maximum Gasteiger partial charge on any atom is 0.101 e. The standard InChI is InChI=1S/C28H8N8/c29-9-19-3-1-17(7-21(19)11-31)25(13-33)23-5-6-24(28(16-36)27(23)15-35)26(14-34)18-2-4-20(10-30)22(8-18)12-32/h1-8H/b25-23-,26-24-. The molecule has 0 saturated heterocycles. The third-order valence-electron chi connectivity index (χ3n) is 5.29. The minimum atomic E-state index is -0.156. The van der Waals surface area contributed by atoms with Crippen molar-refractivity contribution in [2.24, 2.45) is 0 Å². The quantitative estimate of drug-likeness (QED) is 0.561. The molecule has 0 spiro atoms. The molecular formula is C28H8N8. The first-order chi connectivity index (χ1) is 17.5. The van der Waals surface area contributed by atoms with E-state index in [0.29, 0.717) is 0 Å². The maximum absolute atomic E-state index is 9.91. The zero-order chi connectivity index (χ0) is 26.2. The lowest BCUT2D eigenvalue weighted by Crippen LogP contribution is -2.22. The SMILES string of the molecule is N#C/C(c1ccc(C#N)c(C#N)c1)=c1\cc/c(=C(\C#N)c2ccc(C#N)c(C#N)c2)c(C#N)c1C#N. The van der Waals surface area contributed by atoms with Gasteiger partial charge in [0, 0.05) is 10.4 Å². The second kappa shape index (κ2) is 10.3. The summed E-state index contributed by atoms with van der Waals surface area (Å²) in [4.78, 5) is 0. The van der Waals surface area contributed by atoms with E-state index in [1.54, 1.807) is 0 Å². The van der Waals surface area contributed by atoms with E-state index in [4.69, 9.17) is 10.5 Å². The summed E-state index contributed by atoms with van der Waals surface area (Å²) in [7, 11) is 0. The zero-order valence-corrected chi connectivity index (χ0v) is 18.2. The van der Waals surface area contributed by atoms with Gasteiger partial charge in [0.2, 0.25) is 0 Å². The molecule has 0 atom stereocenters. The van der Waals surface area contributed by atoms with E-state index < -0.39 is 0 Å². The summed E-state index contributed by atoms with van der Waals surface area (Å²) in [5.74, 6) is 0. The predicted molar refractivity (Wildman–Crippen MR) is 123 cm³/mol. The van der Waals surface area contributed by atoms with Crippen molar-refractivity contribution in [2.75, 3.05) is 0 Å². The summed E-state index contributed by atoms with van der Waals surface area (Å²) in [5.41, 5.74) is 0.582. The summed E-state index contributed by atoms with van der Waals surface area (Å²) in [6.07, 6.45) is 0. The summed E-state index contributed by atoms with van der Waals surface area (Å²) >= 11 is 0. The van der Waals surface area contributed by atoms with Gasteiger partial charge in [-0.05, 0) is 35.4 Å². The largest absolute Gasteiger partial charge is 0.192 e. The van der Waals surface area contributed by atoms with Crippen LogP contribution in [0.25, 0.3) is 11.1 Å². The molecular weight excluding hydrogens is 448 g/mol. The summed E-state index contributed by atoms with van der Waals surface area (Å²) in [5, 5.41) is 76.8. The Hall–Kier alpha value is -6.68. The first kappa shape index (κ1) is 24.0. The molecule has 0 heterocycles. The van der Waals surface area contributed by atoms with Gasteiger partial charge in [0.25, 0.3) is 0 Å². The Balaban J connectivity index is 2.48. The van der Waals surface area contributed by atoms with Crippen LogP contribution in [0, 0.1) is 90.6 Å². The topological polar surface area (TPSA) is 190 Å². The summed E-state index contributed by atoms with van der Waals surface area (Å²) < 4.78 is 0. The zero-order valence-electron chi connectivity index (χ0n) is 18.2. The van der Waals surface area contributed by atoms with Crippen LogP contribution in [0.2, 0.25) is 0 Å². The molecule has 8 nitrogen and oxygen atoms in total. The van der Waals surface area contributed by atoms with Gasteiger partial charge < -0.3 is 0 Å². The van der Waals surface area contributed by atoms with E-state index in [9.17, 15) is 31.6 Å². The van der Waals surface area contributed by atoms with Crippen LogP contribution in [-0.4, -0.2) is 0 Å². The Morgan fingerprint density at radius 3 is 1.06 bits per heavy atom. The number of rotatable bonds is 2. The van der Waals surface area contributed by atoms with Crippen LogP contribution in [0.5, 0.6) is 0 Å². The van der Waals surface area contributed by atoms with Crippen molar-refractivity contribution >= 4 is 11.1 Å². The van der Waals surface area contributed by atoms with Gasteiger partial charge >= 0.3 is 0 Å². The Morgan fingerprint density at radius 2 is 0.778 bits per heavy atom. The number of benzene rings is 3. The fourth-order valence-corrected chi connectivity index (χ4v) is 3.59. The number of hydrogen-bond donors (Lipinski definition) is 0. The molecule has 0 aliphatic heterocycles. The van der Waals surface area contributed by atoms with Crippen molar-refractivity contribution in [1.82, 2.24) is 0 Å². The van der Waals surface area contributed by atoms with Crippen LogP contribution in [0.4, 0.5) is 0 Å². The van der Waals surface area contributed by atoms with Gasteiger partial charge in [0.1, 0.15) is 48.6 Å². The maximum atomic E-state index is 9.91.